The highest BCUT2D eigenvalue weighted by molar-refractivity contribution is 9.10. The number of methoxy groups -OCH3 is 1. The van der Waals surface area contributed by atoms with Gasteiger partial charge in [-0.05, 0) is 77.3 Å². The first-order valence-electron chi connectivity index (χ1n) is 13.8. The summed E-state index contributed by atoms with van der Waals surface area (Å²) in [5.74, 6) is 0.558. The first kappa shape index (κ1) is 35.2. The third-order valence-electron chi connectivity index (χ3n) is 6.50. The summed E-state index contributed by atoms with van der Waals surface area (Å²) >= 11 is 21.8. The van der Waals surface area contributed by atoms with Crippen LogP contribution in [0.1, 0.15) is 36.6 Å². The number of hydrogen-bond donors (Lipinski definition) is 4. The molecule has 0 aromatic heterocycles. The van der Waals surface area contributed by atoms with Crippen LogP contribution in [0.25, 0.3) is 0 Å². The molecular formula is C31H30BrCl3N4O7. The topological polar surface area (TPSA) is 140 Å². The maximum absolute atomic E-state index is 12.5. The minimum Gasteiger partial charge on any atom is -0.490 e. The van der Waals surface area contributed by atoms with Crippen molar-refractivity contribution >= 4 is 68.9 Å². The Labute approximate surface area is 288 Å². The molecule has 2 amide bonds. The lowest BCUT2D eigenvalue weighted by atomic mass is 9.95. The lowest BCUT2D eigenvalue weighted by Gasteiger charge is -2.28. The number of aliphatic hydroxyl groups excluding tert-OH is 1. The first-order valence-corrected chi connectivity index (χ1v) is 15.7. The normalized spacial score (nSPS) is 15.2. The number of amides is 2. The van der Waals surface area contributed by atoms with Crippen molar-refractivity contribution in [3.63, 3.8) is 0 Å². The molecule has 0 radical (unpaired) electrons. The Morgan fingerprint density at radius 2 is 1.87 bits per heavy atom. The van der Waals surface area contributed by atoms with Crippen LogP contribution < -0.4 is 30.3 Å². The van der Waals surface area contributed by atoms with Crippen LogP contribution in [-0.4, -0.2) is 49.9 Å². The zero-order valence-electron chi connectivity index (χ0n) is 24.8. The number of esters is 1. The molecule has 0 saturated heterocycles. The predicted molar refractivity (Wildman–Crippen MR) is 179 cm³/mol. The number of hydrogen-bond acceptors (Lipinski definition) is 9. The van der Waals surface area contributed by atoms with Crippen LogP contribution in [0.15, 0.2) is 69.4 Å². The Morgan fingerprint density at radius 1 is 1.09 bits per heavy atom. The number of carbonyl (C=O) groups excluding carboxylic acids is 2. The number of rotatable bonds is 13. The summed E-state index contributed by atoms with van der Waals surface area (Å²) in [5.41, 5.74) is 5.15. The minimum atomic E-state index is -1.21. The van der Waals surface area contributed by atoms with Gasteiger partial charge in [-0.3, -0.25) is 5.43 Å². The summed E-state index contributed by atoms with van der Waals surface area (Å²) in [6.45, 7) is 3.73. The number of aliphatic hydroxyl groups is 1. The van der Waals surface area contributed by atoms with E-state index < -0.39 is 24.3 Å². The Morgan fingerprint density at radius 3 is 2.59 bits per heavy atom. The van der Waals surface area contributed by atoms with Crippen LogP contribution in [0.2, 0.25) is 15.1 Å². The van der Waals surface area contributed by atoms with Crippen LogP contribution in [0, 0.1) is 0 Å². The highest BCUT2D eigenvalue weighted by Gasteiger charge is 2.32. The van der Waals surface area contributed by atoms with Gasteiger partial charge in [0.1, 0.15) is 19.0 Å². The van der Waals surface area contributed by atoms with Gasteiger partial charge in [0.2, 0.25) is 0 Å². The molecule has 0 spiro atoms. The molecule has 4 N–H and O–H groups in total. The molecule has 1 heterocycles. The van der Waals surface area contributed by atoms with Crippen molar-refractivity contribution in [2.45, 2.75) is 32.7 Å². The average Bonchev–Trinajstić information content (AvgIpc) is 3.01. The molecule has 0 aliphatic carbocycles. The van der Waals surface area contributed by atoms with Gasteiger partial charge >= 0.3 is 12.0 Å². The second kappa shape index (κ2) is 16.2. The molecule has 3 aromatic rings. The first-order chi connectivity index (χ1) is 22.0. The van der Waals surface area contributed by atoms with Gasteiger partial charge in [-0.2, -0.15) is 5.10 Å². The number of ether oxygens (including phenoxy) is 4. The van der Waals surface area contributed by atoms with Gasteiger partial charge in [0.25, 0.3) is 0 Å². The van der Waals surface area contributed by atoms with Crippen molar-refractivity contribution in [2.24, 2.45) is 5.10 Å². The molecule has 0 unspecified atom stereocenters. The highest BCUT2D eigenvalue weighted by atomic mass is 79.9. The second-order valence-corrected chi connectivity index (χ2v) is 11.9. The lowest BCUT2D eigenvalue weighted by Crippen LogP contribution is -2.45. The Balaban J connectivity index is 1.43. The fraction of sp³-hybridized carbons (Fsp3) is 0.258. The quantitative estimate of drug-likeness (QED) is 0.0671. The van der Waals surface area contributed by atoms with E-state index in [-0.39, 0.29) is 18.8 Å². The lowest BCUT2D eigenvalue weighted by molar-refractivity contribution is -0.136. The van der Waals surface area contributed by atoms with E-state index in [1.807, 2.05) is 0 Å². The molecule has 0 fully saturated rings. The van der Waals surface area contributed by atoms with E-state index in [0.29, 0.717) is 60.2 Å². The van der Waals surface area contributed by atoms with Crippen molar-refractivity contribution in [1.82, 2.24) is 16.1 Å². The maximum atomic E-state index is 12.5. The molecule has 4 rings (SSSR count). The van der Waals surface area contributed by atoms with Gasteiger partial charge in [-0.1, -0.05) is 46.9 Å². The summed E-state index contributed by atoms with van der Waals surface area (Å²) in [7, 11) is 1.27. The van der Waals surface area contributed by atoms with Crippen LogP contribution in [0.4, 0.5) is 4.79 Å². The fourth-order valence-electron chi connectivity index (χ4n) is 4.43. The number of nitrogens with zero attached hydrogens (tertiary/aromatic N) is 1. The Hall–Kier alpha value is -3.68. The van der Waals surface area contributed by atoms with Crippen LogP contribution >= 0.6 is 50.7 Å². The SMILES string of the molecule is CCOc1cc([C@H]2NC(=O)NC(C)=C2C(=O)OC)ccc1OC[C@H](O)N/N=C/c1cc(Cl)cc(Br)c1OCc1ccc(Cl)c(Cl)c1. The van der Waals surface area contributed by atoms with Gasteiger partial charge in [0.05, 0.1) is 46.1 Å². The molecule has 0 saturated carbocycles. The second-order valence-electron chi connectivity index (χ2n) is 9.76. The monoisotopic (exact) mass is 754 g/mol. The fourth-order valence-corrected chi connectivity index (χ4v) is 5.70. The number of nitrogens with one attached hydrogen (secondary N) is 3. The van der Waals surface area contributed by atoms with Crippen molar-refractivity contribution in [3.8, 4) is 17.2 Å². The van der Waals surface area contributed by atoms with Gasteiger partial charge in [-0.25, -0.2) is 9.59 Å². The number of urea groups is 1. The van der Waals surface area contributed by atoms with E-state index in [0.717, 1.165) is 5.56 Å². The Bertz CT molecular complexity index is 1670. The Kier molecular flexibility index (Phi) is 12.4. The summed E-state index contributed by atoms with van der Waals surface area (Å²) in [4.78, 5) is 24.6. The van der Waals surface area contributed by atoms with Crippen molar-refractivity contribution < 1.29 is 33.6 Å². The van der Waals surface area contributed by atoms with Gasteiger partial charge < -0.3 is 34.7 Å². The number of carbonyl (C=O) groups is 2. The molecular weight excluding hydrogens is 727 g/mol. The molecule has 15 heteroatoms. The van der Waals surface area contributed by atoms with E-state index in [9.17, 15) is 14.7 Å². The molecule has 0 bridgehead atoms. The third-order valence-corrected chi connectivity index (χ3v) is 8.05. The summed E-state index contributed by atoms with van der Waals surface area (Å²) in [6, 6.07) is 12.3. The minimum absolute atomic E-state index is 0.201. The van der Waals surface area contributed by atoms with Crippen molar-refractivity contribution in [3.05, 3.63) is 96.0 Å². The van der Waals surface area contributed by atoms with Gasteiger partial charge in [0.15, 0.2) is 17.7 Å². The summed E-state index contributed by atoms with van der Waals surface area (Å²) < 4.78 is 23.1. The van der Waals surface area contributed by atoms with Crippen LogP contribution in [-0.2, 0) is 16.1 Å². The molecule has 3 aromatic carbocycles. The van der Waals surface area contributed by atoms with E-state index in [1.165, 1.54) is 13.3 Å². The number of allylic oxidation sites excluding steroid dienone is 1. The smallest absolute Gasteiger partial charge is 0.337 e. The predicted octanol–water partition coefficient (Wildman–Crippen LogP) is 6.51. The van der Waals surface area contributed by atoms with Crippen molar-refractivity contribution in [2.75, 3.05) is 20.3 Å². The van der Waals surface area contributed by atoms with Crippen LogP contribution in [0.3, 0.4) is 0 Å². The summed E-state index contributed by atoms with van der Waals surface area (Å²) in [5, 5.41) is 21.3. The highest BCUT2D eigenvalue weighted by Crippen LogP contribution is 2.35. The number of benzene rings is 3. The number of halogens is 4. The molecule has 46 heavy (non-hydrogen) atoms. The van der Waals surface area contributed by atoms with E-state index in [2.05, 4.69) is 37.1 Å². The largest absolute Gasteiger partial charge is 0.490 e. The molecule has 11 nitrogen and oxygen atoms in total. The molecule has 1 aliphatic rings. The van der Waals surface area contributed by atoms with E-state index >= 15 is 0 Å². The van der Waals surface area contributed by atoms with E-state index in [1.54, 1.807) is 62.4 Å². The van der Waals surface area contributed by atoms with Gasteiger partial charge in [-0.15, -0.1) is 0 Å². The number of hydrazone groups is 1. The van der Waals surface area contributed by atoms with Crippen LogP contribution in [0.5, 0.6) is 17.2 Å². The third kappa shape index (κ3) is 8.98. The molecule has 2 atom stereocenters. The average molecular weight is 757 g/mol. The molecule has 244 valence electrons. The standard InChI is InChI=1S/C31H30BrCl3N4O7/c1-4-44-25-11-18(28-27(30(41)43-3)16(2)37-31(42)38-28)6-8-24(25)45-15-26(40)39-36-13-19-10-20(33)12-21(32)29(19)46-14-17-5-7-22(34)23(35)9-17/h5-13,26,28,39-40H,4,14-15H2,1-3H3,(H2,37,38,42)/b36-13+/t26-,28+/m0/s1. The van der Waals surface area contributed by atoms with E-state index in [4.69, 9.17) is 53.8 Å². The zero-order valence-corrected chi connectivity index (χ0v) is 28.7. The summed E-state index contributed by atoms with van der Waals surface area (Å²) in [6.07, 6.45) is 0.237. The maximum Gasteiger partial charge on any atom is 0.337 e. The van der Waals surface area contributed by atoms with Crippen molar-refractivity contribution in [1.29, 1.82) is 0 Å². The zero-order chi connectivity index (χ0) is 33.4. The van der Waals surface area contributed by atoms with Gasteiger partial charge in [0, 0.05) is 16.3 Å². The molecule has 1 aliphatic heterocycles.